The van der Waals surface area contributed by atoms with Crippen LogP contribution in [0.2, 0.25) is 0 Å². The van der Waals surface area contributed by atoms with Crippen LogP contribution >= 0.6 is 11.6 Å². The highest BCUT2D eigenvalue weighted by Gasteiger charge is 2.21. The summed E-state index contributed by atoms with van der Waals surface area (Å²) < 4.78 is 0. The van der Waals surface area contributed by atoms with Gasteiger partial charge >= 0.3 is 0 Å². The van der Waals surface area contributed by atoms with Crippen LogP contribution in [-0.2, 0) is 0 Å². The number of nitrogens with zero attached hydrogens (tertiary/aromatic N) is 1. The van der Waals surface area contributed by atoms with Gasteiger partial charge in [0.2, 0.25) is 0 Å². The van der Waals surface area contributed by atoms with Crippen molar-refractivity contribution in [1.82, 2.24) is 4.90 Å². The van der Waals surface area contributed by atoms with Gasteiger partial charge in [-0.1, -0.05) is 24.4 Å². The summed E-state index contributed by atoms with van der Waals surface area (Å²) in [4.78, 5) is 2.47. The Labute approximate surface area is 92.1 Å². The second-order valence-corrected chi connectivity index (χ2v) is 4.37. The van der Waals surface area contributed by atoms with Crippen molar-refractivity contribution in [3.05, 3.63) is 11.1 Å². The van der Waals surface area contributed by atoms with Gasteiger partial charge in [0.05, 0.1) is 0 Å². The standard InChI is InChI=1S/C11H21ClN2/c1-10(8-12)9-14(7-6-13)11-4-2-3-5-11/h8,11H,2-7,9,13H2,1H3. The van der Waals surface area contributed by atoms with Gasteiger partial charge in [-0.25, -0.2) is 0 Å². The molecule has 1 fully saturated rings. The summed E-state index contributed by atoms with van der Waals surface area (Å²) in [5, 5.41) is 0. The Morgan fingerprint density at radius 2 is 2.14 bits per heavy atom. The molecule has 1 aliphatic carbocycles. The average Bonchev–Trinajstić information content (AvgIpc) is 2.69. The molecule has 2 nitrogen and oxygen atoms in total. The summed E-state index contributed by atoms with van der Waals surface area (Å²) in [6.07, 6.45) is 5.40. The van der Waals surface area contributed by atoms with Gasteiger partial charge in [-0.3, -0.25) is 4.90 Å². The molecule has 1 rings (SSSR count). The predicted molar refractivity (Wildman–Crippen MR) is 62.5 cm³/mol. The Kier molecular flexibility index (Phi) is 5.53. The largest absolute Gasteiger partial charge is 0.329 e. The first-order chi connectivity index (χ1) is 6.77. The number of halogens is 1. The van der Waals surface area contributed by atoms with Crippen LogP contribution in [0.25, 0.3) is 0 Å². The molecular weight excluding hydrogens is 196 g/mol. The van der Waals surface area contributed by atoms with E-state index < -0.39 is 0 Å². The molecule has 1 saturated carbocycles. The Morgan fingerprint density at radius 3 is 2.64 bits per heavy atom. The fourth-order valence-corrected chi connectivity index (χ4v) is 2.25. The average molecular weight is 217 g/mol. The minimum Gasteiger partial charge on any atom is -0.329 e. The van der Waals surface area contributed by atoms with E-state index >= 15 is 0 Å². The molecule has 0 unspecified atom stereocenters. The van der Waals surface area contributed by atoms with E-state index in [2.05, 4.69) is 11.8 Å². The third-order valence-electron chi connectivity index (χ3n) is 2.90. The zero-order valence-corrected chi connectivity index (χ0v) is 9.76. The van der Waals surface area contributed by atoms with Gasteiger partial charge in [-0.2, -0.15) is 0 Å². The van der Waals surface area contributed by atoms with Crippen molar-refractivity contribution in [1.29, 1.82) is 0 Å². The van der Waals surface area contributed by atoms with E-state index in [9.17, 15) is 0 Å². The minimum atomic E-state index is 0.741. The zero-order valence-electron chi connectivity index (χ0n) is 9.01. The Balaban J connectivity index is 2.44. The number of hydrogen-bond acceptors (Lipinski definition) is 2. The predicted octanol–water partition coefficient (Wildman–Crippen LogP) is 2.33. The first-order valence-electron chi connectivity index (χ1n) is 5.48. The lowest BCUT2D eigenvalue weighted by Crippen LogP contribution is -2.38. The van der Waals surface area contributed by atoms with Crippen LogP contribution in [0.5, 0.6) is 0 Å². The van der Waals surface area contributed by atoms with Crippen LogP contribution in [0.1, 0.15) is 32.6 Å². The molecule has 0 aromatic heterocycles. The molecule has 0 spiro atoms. The molecule has 82 valence electrons. The quantitative estimate of drug-likeness (QED) is 0.765. The molecule has 0 heterocycles. The van der Waals surface area contributed by atoms with Crippen molar-refractivity contribution < 1.29 is 0 Å². The van der Waals surface area contributed by atoms with E-state index in [0.29, 0.717) is 0 Å². The van der Waals surface area contributed by atoms with Gasteiger partial charge in [0.15, 0.2) is 0 Å². The summed E-state index contributed by atoms with van der Waals surface area (Å²) >= 11 is 5.68. The smallest absolute Gasteiger partial charge is 0.0205 e. The summed E-state index contributed by atoms with van der Waals surface area (Å²) in [5.74, 6) is 0. The van der Waals surface area contributed by atoms with Crippen molar-refractivity contribution in [2.24, 2.45) is 5.73 Å². The normalized spacial score (nSPS) is 19.6. The van der Waals surface area contributed by atoms with Gasteiger partial charge in [0.1, 0.15) is 0 Å². The van der Waals surface area contributed by atoms with Crippen molar-refractivity contribution in [2.45, 2.75) is 38.6 Å². The van der Waals surface area contributed by atoms with Crippen molar-refractivity contribution in [3.8, 4) is 0 Å². The van der Waals surface area contributed by atoms with Gasteiger partial charge in [0, 0.05) is 31.2 Å². The molecule has 0 saturated heterocycles. The van der Waals surface area contributed by atoms with Crippen LogP contribution in [0.15, 0.2) is 11.1 Å². The zero-order chi connectivity index (χ0) is 10.4. The number of rotatable bonds is 5. The molecule has 0 radical (unpaired) electrons. The fraction of sp³-hybridized carbons (Fsp3) is 0.818. The number of nitrogens with two attached hydrogens (primary N) is 1. The van der Waals surface area contributed by atoms with Crippen molar-refractivity contribution in [2.75, 3.05) is 19.6 Å². The highest BCUT2D eigenvalue weighted by Crippen LogP contribution is 2.23. The van der Waals surface area contributed by atoms with Crippen LogP contribution < -0.4 is 5.73 Å². The van der Waals surface area contributed by atoms with Crippen molar-refractivity contribution in [3.63, 3.8) is 0 Å². The molecule has 14 heavy (non-hydrogen) atoms. The maximum Gasteiger partial charge on any atom is 0.0205 e. The lowest BCUT2D eigenvalue weighted by Gasteiger charge is -2.28. The molecule has 0 aromatic rings. The second kappa shape index (κ2) is 6.44. The van der Waals surface area contributed by atoms with E-state index in [1.165, 1.54) is 31.3 Å². The summed E-state index contributed by atoms with van der Waals surface area (Å²) in [6, 6.07) is 0.741. The topological polar surface area (TPSA) is 29.3 Å². The Morgan fingerprint density at radius 1 is 1.50 bits per heavy atom. The second-order valence-electron chi connectivity index (χ2n) is 4.15. The third-order valence-corrected chi connectivity index (χ3v) is 3.27. The van der Waals surface area contributed by atoms with Crippen LogP contribution in [0, 0.1) is 0 Å². The Bertz CT molecular complexity index is 186. The first-order valence-corrected chi connectivity index (χ1v) is 5.91. The van der Waals surface area contributed by atoms with Crippen molar-refractivity contribution >= 4 is 11.6 Å². The molecule has 0 aliphatic heterocycles. The molecule has 1 aliphatic rings. The molecule has 2 N–H and O–H groups in total. The van der Waals surface area contributed by atoms with Gasteiger partial charge < -0.3 is 5.73 Å². The summed E-state index contributed by atoms with van der Waals surface area (Å²) in [5.41, 5.74) is 8.53. The van der Waals surface area contributed by atoms with E-state index in [1.807, 2.05) is 0 Å². The van der Waals surface area contributed by atoms with Gasteiger partial charge in [0.25, 0.3) is 0 Å². The minimum absolute atomic E-state index is 0.741. The Hall–Kier alpha value is -0.0500. The van der Waals surface area contributed by atoms with E-state index in [1.54, 1.807) is 5.54 Å². The van der Waals surface area contributed by atoms with Crippen LogP contribution in [0.4, 0.5) is 0 Å². The monoisotopic (exact) mass is 216 g/mol. The molecule has 0 atom stereocenters. The number of hydrogen-bond donors (Lipinski definition) is 1. The SMILES string of the molecule is CC(=CCl)CN(CCN)C1CCCC1. The maximum absolute atomic E-state index is 5.68. The molecule has 0 bridgehead atoms. The lowest BCUT2D eigenvalue weighted by molar-refractivity contribution is 0.221. The fourth-order valence-electron chi connectivity index (χ4n) is 2.18. The van der Waals surface area contributed by atoms with Crippen LogP contribution in [-0.4, -0.2) is 30.6 Å². The maximum atomic E-state index is 5.68. The molecule has 0 amide bonds. The summed E-state index contributed by atoms with van der Waals surface area (Å²) in [6.45, 7) is 4.79. The van der Waals surface area contributed by atoms with E-state index in [0.717, 1.165) is 25.7 Å². The third kappa shape index (κ3) is 3.60. The lowest BCUT2D eigenvalue weighted by atomic mass is 10.2. The molecule has 3 heteroatoms. The van der Waals surface area contributed by atoms with Gasteiger partial charge in [-0.05, 0) is 25.3 Å². The van der Waals surface area contributed by atoms with Crippen LogP contribution in [0.3, 0.4) is 0 Å². The van der Waals surface area contributed by atoms with Gasteiger partial charge in [-0.15, -0.1) is 0 Å². The van der Waals surface area contributed by atoms with E-state index in [-0.39, 0.29) is 0 Å². The summed E-state index contributed by atoms with van der Waals surface area (Å²) in [7, 11) is 0. The van der Waals surface area contributed by atoms with E-state index in [4.69, 9.17) is 17.3 Å². The molecule has 0 aromatic carbocycles. The highest BCUT2D eigenvalue weighted by molar-refractivity contribution is 6.25. The molecular formula is C11H21ClN2. The highest BCUT2D eigenvalue weighted by atomic mass is 35.5. The first kappa shape index (κ1) is 12.0.